The third kappa shape index (κ3) is 5.68. The van der Waals surface area contributed by atoms with E-state index in [1.54, 1.807) is 0 Å². The number of ether oxygens (including phenoxy) is 2. The Bertz CT molecular complexity index is 187. The van der Waals surface area contributed by atoms with E-state index in [2.05, 4.69) is 26.1 Å². The lowest BCUT2D eigenvalue weighted by Crippen LogP contribution is -2.43. The fourth-order valence-electron chi connectivity index (χ4n) is 2.87. The molecule has 0 aromatic rings. The SMILES string of the molecule is CCCC(OCC)C(CC1CCOCC1)NCC. The third-order valence-electron chi connectivity index (χ3n) is 3.80. The molecule has 108 valence electrons. The first kappa shape index (κ1) is 15.9. The van der Waals surface area contributed by atoms with E-state index < -0.39 is 0 Å². The van der Waals surface area contributed by atoms with Crippen molar-refractivity contribution in [2.24, 2.45) is 5.92 Å². The third-order valence-corrected chi connectivity index (χ3v) is 3.80. The molecular formula is C15H31NO2. The lowest BCUT2D eigenvalue weighted by molar-refractivity contribution is 0.00982. The van der Waals surface area contributed by atoms with Gasteiger partial charge in [0.25, 0.3) is 0 Å². The molecule has 0 aliphatic carbocycles. The summed E-state index contributed by atoms with van der Waals surface area (Å²) >= 11 is 0. The van der Waals surface area contributed by atoms with Crippen LogP contribution in [0.4, 0.5) is 0 Å². The minimum atomic E-state index is 0.378. The van der Waals surface area contributed by atoms with Gasteiger partial charge >= 0.3 is 0 Å². The smallest absolute Gasteiger partial charge is 0.0727 e. The van der Waals surface area contributed by atoms with Crippen LogP contribution in [0.2, 0.25) is 0 Å². The Morgan fingerprint density at radius 3 is 2.50 bits per heavy atom. The molecule has 1 aliphatic rings. The van der Waals surface area contributed by atoms with Crippen LogP contribution in [0, 0.1) is 5.92 Å². The largest absolute Gasteiger partial charge is 0.381 e. The summed E-state index contributed by atoms with van der Waals surface area (Å²) in [5, 5.41) is 3.63. The molecule has 1 saturated heterocycles. The van der Waals surface area contributed by atoms with Gasteiger partial charge in [-0.05, 0) is 45.1 Å². The van der Waals surface area contributed by atoms with E-state index in [1.807, 2.05) is 0 Å². The van der Waals surface area contributed by atoms with E-state index in [4.69, 9.17) is 9.47 Å². The molecule has 1 fully saturated rings. The summed E-state index contributed by atoms with van der Waals surface area (Å²) in [6.07, 6.45) is 6.40. The van der Waals surface area contributed by atoms with Crippen LogP contribution < -0.4 is 5.32 Å². The Labute approximate surface area is 113 Å². The molecule has 0 bridgehead atoms. The van der Waals surface area contributed by atoms with Gasteiger partial charge in [0.15, 0.2) is 0 Å². The maximum absolute atomic E-state index is 5.94. The lowest BCUT2D eigenvalue weighted by atomic mass is 9.89. The lowest BCUT2D eigenvalue weighted by Gasteiger charge is -2.32. The van der Waals surface area contributed by atoms with Crippen molar-refractivity contribution in [1.29, 1.82) is 0 Å². The normalized spacial score (nSPS) is 20.8. The maximum atomic E-state index is 5.94. The van der Waals surface area contributed by atoms with Crippen LogP contribution >= 0.6 is 0 Å². The fraction of sp³-hybridized carbons (Fsp3) is 1.00. The van der Waals surface area contributed by atoms with Crippen molar-refractivity contribution in [1.82, 2.24) is 5.32 Å². The van der Waals surface area contributed by atoms with Crippen LogP contribution in [0.5, 0.6) is 0 Å². The highest BCUT2D eigenvalue weighted by atomic mass is 16.5. The molecule has 1 heterocycles. The first-order valence-electron chi connectivity index (χ1n) is 7.74. The van der Waals surface area contributed by atoms with Gasteiger partial charge in [0.05, 0.1) is 6.10 Å². The first-order chi connectivity index (χ1) is 8.81. The number of nitrogens with one attached hydrogen (secondary N) is 1. The second-order valence-electron chi connectivity index (χ2n) is 5.24. The molecule has 0 amide bonds. The summed E-state index contributed by atoms with van der Waals surface area (Å²) in [6, 6.07) is 0.512. The number of hydrogen-bond donors (Lipinski definition) is 1. The minimum absolute atomic E-state index is 0.378. The second-order valence-corrected chi connectivity index (χ2v) is 5.24. The van der Waals surface area contributed by atoms with Crippen molar-refractivity contribution in [2.45, 2.75) is 65.0 Å². The van der Waals surface area contributed by atoms with E-state index in [9.17, 15) is 0 Å². The van der Waals surface area contributed by atoms with E-state index in [0.29, 0.717) is 12.1 Å². The molecule has 2 unspecified atom stereocenters. The van der Waals surface area contributed by atoms with Crippen LogP contribution in [0.1, 0.15) is 52.9 Å². The van der Waals surface area contributed by atoms with Gasteiger partial charge in [-0.15, -0.1) is 0 Å². The van der Waals surface area contributed by atoms with Crippen LogP contribution in [0.3, 0.4) is 0 Å². The van der Waals surface area contributed by atoms with Gasteiger partial charge in [-0.1, -0.05) is 20.3 Å². The second kappa shape index (κ2) is 9.76. The summed E-state index contributed by atoms with van der Waals surface area (Å²) in [7, 11) is 0. The monoisotopic (exact) mass is 257 g/mol. The molecule has 0 aromatic carbocycles. The van der Waals surface area contributed by atoms with E-state index >= 15 is 0 Å². The molecule has 1 N–H and O–H groups in total. The Morgan fingerprint density at radius 1 is 1.22 bits per heavy atom. The highest BCUT2D eigenvalue weighted by molar-refractivity contribution is 4.80. The molecule has 0 saturated carbocycles. The molecule has 18 heavy (non-hydrogen) atoms. The van der Waals surface area contributed by atoms with E-state index in [-0.39, 0.29) is 0 Å². The summed E-state index contributed by atoms with van der Waals surface area (Å²) in [5.74, 6) is 0.808. The van der Waals surface area contributed by atoms with Crippen molar-refractivity contribution in [3.63, 3.8) is 0 Å². The van der Waals surface area contributed by atoms with Gasteiger partial charge in [0.2, 0.25) is 0 Å². The summed E-state index contributed by atoms with van der Waals surface area (Å²) in [4.78, 5) is 0. The van der Waals surface area contributed by atoms with Crippen LogP contribution in [-0.4, -0.2) is 38.5 Å². The molecule has 0 radical (unpaired) electrons. The molecule has 1 aliphatic heterocycles. The molecule has 3 nitrogen and oxygen atoms in total. The fourth-order valence-corrected chi connectivity index (χ4v) is 2.87. The number of rotatable bonds is 9. The minimum Gasteiger partial charge on any atom is -0.381 e. The molecular weight excluding hydrogens is 226 g/mol. The summed E-state index contributed by atoms with van der Waals surface area (Å²) in [6.45, 7) is 10.3. The summed E-state index contributed by atoms with van der Waals surface area (Å²) in [5.41, 5.74) is 0. The Hall–Kier alpha value is -0.120. The van der Waals surface area contributed by atoms with Crippen LogP contribution in [0.25, 0.3) is 0 Å². The summed E-state index contributed by atoms with van der Waals surface area (Å²) < 4.78 is 11.4. The quantitative estimate of drug-likeness (QED) is 0.689. The Balaban J connectivity index is 2.48. The Morgan fingerprint density at radius 2 is 1.94 bits per heavy atom. The molecule has 1 rings (SSSR count). The zero-order valence-electron chi connectivity index (χ0n) is 12.4. The van der Waals surface area contributed by atoms with Gasteiger partial charge in [-0.2, -0.15) is 0 Å². The highest BCUT2D eigenvalue weighted by Crippen LogP contribution is 2.23. The number of likely N-dealkylation sites (N-methyl/N-ethyl adjacent to an activating group) is 1. The average molecular weight is 257 g/mol. The topological polar surface area (TPSA) is 30.5 Å². The predicted molar refractivity (Wildman–Crippen MR) is 75.9 cm³/mol. The highest BCUT2D eigenvalue weighted by Gasteiger charge is 2.25. The van der Waals surface area contributed by atoms with Crippen molar-refractivity contribution < 1.29 is 9.47 Å². The number of hydrogen-bond acceptors (Lipinski definition) is 3. The van der Waals surface area contributed by atoms with Crippen molar-refractivity contribution in [3.05, 3.63) is 0 Å². The molecule has 0 spiro atoms. The zero-order chi connectivity index (χ0) is 13.2. The van der Waals surface area contributed by atoms with Crippen LogP contribution in [-0.2, 0) is 9.47 Å². The Kier molecular flexibility index (Phi) is 8.64. The standard InChI is InChI=1S/C15H31NO2/c1-4-7-15(18-6-3)14(16-5-2)12-13-8-10-17-11-9-13/h13-16H,4-12H2,1-3H3. The molecule has 3 heteroatoms. The van der Waals surface area contributed by atoms with Gasteiger partial charge in [0, 0.05) is 25.9 Å². The first-order valence-corrected chi connectivity index (χ1v) is 7.74. The van der Waals surface area contributed by atoms with Gasteiger partial charge < -0.3 is 14.8 Å². The van der Waals surface area contributed by atoms with E-state index in [1.165, 1.54) is 25.7 Å². The molecule has 2 atom stereocenters. The van der Waals surface area contributed by atoms with Crippen LogP contribution in [0.15, 0.2) is 0 Å². The van der Waals surface area contributed by atoms with E-state index in [0.717, 1.165) is 38.7 Å². The maximum Gasteiger partial charge on any atom is 0.0727 e. The van der Waals surface area contributed by atoms with Gasteiger partial charge in [-0.3, -0.25) is 0 Å². The zero-order valence-corrected chi connectivity index (χ0v) is 12.4. The van der Waals surface area contributed by atoms with Crippen molar-refractivity contribution in [3.8, 4) is 0 Å². The average Bonchev–Trinajstić information content (AvgIpc) is 2.39. The van der Waals surface area contributed by atoms with Gasteiger partial charge in [-0.25, -0.2) is 0 Å². The van der Waals surface area contributed by atoms with Crippen molar-refractivity contribution in [2.75, 3.05) is 26.4 Å². The van der Waals surface area contributed by atoms with Gasteiger partial charge in [0.1, 0.15) is 0 Å². The predicted octanol–water partition coefficient (Wildman–Crippen LogP) is 2.99. The molecule has 0 aromatic heterocycles. The van der Waals surface area contributed by atoms with Crippen molar-refractivity contribution >= 4 is 0 Å².